The third-order valence-electron chi connectivity index (χ3n) is 5.40. The van der Waals surface area contributed by atoms with Gasteiger partial charge in [-0.3, -0.25) is 9.59 Å². The first-order chi connectivity index (χ1) is 15.2. The lowest BCUT2D eigenvalue weighted by atomic mass is 10.2. The highest BCUT2D eigenvalue weighted by atomic mass is 16.2. The monoisotopic (exact) mass is 417 g/mol. The van der Waals surface area contributed by atoms with Crippen molar-refractivity contribution >= 4 is 11.8 Å². The van der Waals surface area contributed by atoms with Crippen LogP contribution in [-0.4, -0.2) is 51.1 Å². The standard InChI is InChI=1S/C24H27N5O2/c30-21-15-8-3-9-17-28(21)18-10-16-25-24(31)22-26-23(19-11-4-1-5-12-19)29(27-22)20-13-6-2-7-14-20/h1-2,4-7,11-14H,3,8-10,15-18H2,(H,25,31). The van der Waals surface area contributed by atoms with Gasteiger partial charge < -0.3 is 10.2 Å². The maximum Gasteiger partial charge on any atom is 0.290 e. The Morgan fingerprint density at radius 3 is 2.48 bits per heavy atom. The molecule has 2 aromatic carbocycles. The van der Waals surface area contributed by atoms with Crippen molar-refractivity contribution in [1.82, 2.24) is 25.0 Å². The number of benzene rings is 2. The number of carbonyl (C=O) groups is 2. The van der Waals surface area contributed by atoms with Crippen molar-refractivity contribution in [3.8, 4) is 17.1 Å². The zero-order valence-corrected chi connectivity index (χ0v) is 17.5. The van der Waals surface area contributed by atoms with Gasteiger partial charge in [-0.25, -0.2) is 9.67 Å². The van der Waals surface area contributed by atoms with Gasteiger partial charge in [-0.1, -0.05) is 55.0 Å². The second-order valence-corrected chi connectivity index (χ2v) is 7.67. The van der Waals surface area contributed by atoms with Crippen LogP contribution in [0.2, 0.25) is 0 Å². The molecule has 1 aliphatic heterocycles. The predicted molar refractivity (Wildman–Crippen MR) is 119 cm³/mol. The molecule has 1 aromatic heterocycles. The van der Waals surface area contributed by atoms with Gasteiger partial charge in [0.15, 0.2) is 5.82 Å². The predicted octanol–water partition coefficient (Wildman–Crippen LogP) is 3.46. The Balaban J connectivity index is 1.43. The van der Waals surface area contributed by atoms with Crippen LogP contribution in [-0.2, 0) is 4.79 Å². The van der Waals surface area contributed by atoms with E-state index in [0.29, 0.717) is 31.8 Å². The first-order valence-corrected chi connectivity index (χ1v) is 10.9. The highest BCUT2D eigenvalue weighted by Gasteiger charge is 2.19. The molecule has 2 heterocycles. The van der Waals surface area contributed by atoms with E-state index in [1.54, 1.807) is 4.68 Å². The Labute approximate surface area is 182 Å². The smallest absolute Gasteiger partial charge is 0.290 e. The van der Waals surface area contributed by atoms with Gasteiger partial charge in [0, 0.05) is 31.6 Å². The highest BCUT2D eigenvalue weighted by Crippen LogP contribution is 2.21. The number of hydrogen-bond acceptors (Lipinski definition) is 4. The topological polar surface area (TPSA) is 80.1 Å². The zero-order valence-electron chi connectivity index (χ0n) is 17.5. The third-order valence-corrected chi connectivity index (χ3v) is 5.40. The number of nitrogens with zero attached hydrogens (tertiary/aromatic N) is 4. The van der Waals surface area contributed by atoms with Crippen molar-refractivity contribution in [3.63, 3.8) is 0 Å². The van der Waals surface area contributed by atoms with Gasteiger partial charge >= 0.3 is 0 Å². The summed E-state index contributed by atoms with van der Waals surface area (Å²) in [6, 6.07) is 19.4. The number of nitrogens with one attached hydrogen (secondary N) is 1. The van der Waals surface area contributed by atoms with Crippen molar-refractivity contribution in [3.05, 3.63) is 66.5 Å². The average Bonchev–Trinajstić information content (AvgIpc) is 3.16. The number of para-hydroxylation sites is 1. The summed E-state index contributed by atoms with van der Waals surface area (Å²) >= 11 is 0. The molecule has 7 nitrogen and oxygen atoms in total. The molecule has 1 fully saturated rings. The summed E-state index contributed by atoms with van der Waals surface area (Å²) in [4.78, 5) is 31.2. The first-order valence-electron chi connectivity index (χ1n) is 10.9. The molecule has 1 N–H and O–H groups in total. The molecule has 0 aliphatic carbocycles. The minimum absolute atomic E-state index is 0.133. The van der Waals surface area contributed by atoms with Crippen molar-refractivity contribution in [1.29, 1.82) is 0 Å². The lowest BCUT2D eigenvalue weighted by Crippen LogP contribution is -2.34. The van der Waals surface area contributed by atoms with Crippen LogP contribution in [0.1, 0.15) is 42.7 Å². The molecule has 4 rings (SSSR count). The number of carbonyl (C=O) groups excluding carboxylic acids is 2. The molecule has 0 radical (unpaired) electrons. The van der Waals surface area contributed by atoms with E-state index in [-0.39, 0.29) is 17.6 Å². The van der Waals surface area contributed by atoms with Crippen LogP contribution < -0.4 is 5.32 Å². The van der Waals surface area contributed by atoms with E-state index >= 15 is 0 Å². The summed E-state index contributed by atoms with van der Waals surface area (Å²) in [7, 11) is 0. The van der Waals surface area contributed by atoms with Crippen LogP contribution in [0.5, 0.6) is 0 Å². The molecule has 0 bridgehead atoms. The average molecular weight is 418 g/mol. The minimum Gasteiger partial charge on any atom is -0.349 e. The number of rotatable bonds is 7. The van der Waals surface area contributed by atoms with Crippen molar-refractivity contribution in [2.75, 3.05) is 19.6 Å². The molecule has 0 atom stereocenters. The molecule has 1 aliphatic rings. The van der Waals surface area contributed by atoms with Crippen LogP contribution in [0.15, 0.2) is 60.7 Å². The lowest BCUT2D eigenvalue weighted by Gasteiger charge is -2.20. The number of amides is 2. The quantitative estimate of drug-likeness (QED) is 0.597. The largest absolute Gasteiger partial charge is 0.349 e. The maximum atomic E-state index is 12.7. The third kappa shape index (κ3) is 5.17. The molecular weight excluding hydrogens is 390 g/mol. The molecule has 160 valence electrons. The zero-order chi connectivity index (χ0) is 21.5. The molecule has 3 aromatic rings. The maximum absolute atomic E-state index is 12.7. The van der Waals surface area contributed by atoms with E-state index in [2.05, 4.69) is 15.4 Å². The minimum atomic E-state index is -0.311. The molecule has 31 heavy (non-hydrogen) atoms. The van der Waals surface area contributed by atoms with E-state index < -0.39 is 0 Å². The number of aromatic nitrogens is 3. The summed E-state index contributed by atoms with van der Waals surface area (Å²) < 4.78 is 1.69. The van der Waals surface area contributed by atoms with Gasteiger partial charge in [-0.05, 0) is 31.4 Å². The summed E-state index contributed by atoms with van der Waals surface area (Å²) in [6.07, 6.45) is 4.49. The van der Waals surface area contributed by atoms with Gasteiger partial charge in [0.25, 0.3) is 5.91 Å². The van der Waals surface area contributed by atoms with Gasteiger partial charge in [0.1, 0.15) is 0 Å². The number of likely N-dealkylation sites (tertiary alicyclic amines) is 1. The van der Waals surface area contributed by atoms with Crippen molar-refractivity contribution < 1.29 is 9.59 Å². The fraction of sp³-hybridized carbons (Fsp3) is 0.333. The Morgan fingerprint density at radius 2 is 1.71 bits per heavy atom. The van der Waals surface area contributed by atoms with Gasteiger partial charge in [0.2, 0.25) is 11.7 Å². The van der Waals surface area contributed by atoms with Crippen LogP contribution in [0.25, 0.3) is 17.1 Å². The van der Waals surface area contributed by atoms with Crippen molar-refractivity contribution in [2.45, 2.75) is 32.1 Å². The van der Waals surface area contributed by atoms with E-state index in [9.17, 15) is 9.59 Å². The summed E-state index contributed by atoms with van der Waals surface area (Å²) in [5.41, 5.74) is 1.73. The Morgan fingerprint density at radius 1 is 0.968 bits per heavy atom. The fourth-order valence-corrected chi connectivity index (χ4v) is 3.76. The number of hydrogen-bond donors (Lipinski definition) is 1. The molecular formula is C24H27N5O2. The Bertz CT molecular complexity index is 960. The highest BCUT2D eigenvalue weighted by molar-refractivity contribution is 5.91. The second kappa shape index (κ2) is 10.0. The molecule has 0 spiro atoms. The van der Waals surface area contributed by atoms with Gasteiger partial charge in [0.05, 0.1) is 5.69 Å². The molecule has 0 unspecified atom stereocenters. The molecule has 7 heteroatoms. The summed E-state index contributed by atoms with van der Waals surface area (Å²) in [5.74, 6) is 0.661. The van der Waals surface area contributed by atoms with E-state index in [4.69, 9.17) is 0 Å². The molecule has 2 amide bonds. The van der Waals surface area contributed by atoms with Crippen LogP contribution in [0.3, 0.4) is 0 Å². The van der Waals surface area contributed by atoms with Gasteiger partial charge in [-0.2, -0.15) is 0 Å². The van der Waals surface area contributed by atoms with E-state index in [0.717, 1.165) is 37.1 Å². The first kappa shape index (κ1) is 20.8. The summed E-state index contributed by atoms with van der Waals surface area (Å²) in [5, 5.41) is 7.38. The molecule has 0 saturated carbocycles. The second-order valence-electron chi connectivity index (χ2n) is 7.67. The SMILES string of the molecule is O=C(NCCCN1CCCCCC1=O)c1nc(-c2ccccc2)n(-c2ccccc2)n1. The van der Waals surface area contributed by atoms with Gasteiger partial charge in [-0.15, -0.1) is 5.10 Å². The summed E-state index contributed by atoms with van der Waals surface area (Å²) in [6.45, 7) is 1.96. The van der Waals surface area contributed by atoms with Crippen LogP contribution >= 0.6 is 0 Å². The molecule has 1 saturated heterocycles. The van der Waals surface area contributed by atoms with Crippen LogP contribution in [0, 0.1) is 0 Å². The van der Waals surface area contributed by atoms with Crippen LogP contribution in [0.4, 0.5) is 0 Å². The van der Waals surface area contributed by atoms with E-state index in [1.165, 1.54) is 0 Å². The fourth-order valence-electron chi connectivity index (χ4n) is 3.76. The Kier molecular flexibility index (Phi) is 6.72. The van der Waals surface area contributed by atoms with E-state index in [1.807, 2.05) is 65.6 Å². The lowest BCUT2D eigenvalue weighted by molar-refractivity contribution is -0.130. The normalized spacial score (nSPS) is 14.3. The van der Waals surface area contributed by atoms with Crippen molar-refractivity contribution in [2.24, 2.45) is 0 Å². The Hall–Kier alpha value is -3.48.